The minimum Gasteiger partial charge on any atom is -0.497 e. The number of amides is 1. The molecule has 0 saturated heterocycles. The van der Waals surface area contributed by atoms with Gasteiger partial charge in [-0.25, -0.2) is 4.98 Å². The Morgan fingerprint density at radius 1 is 1.06 bits per heavy atom. The first-order valence-corrected chi connectivity index (χ1v) is 11.2. The van der Waals surface area contributed by atoms with E-state index in [1.165, 1.54) is 0 Å². The van der Waals surface area contributed by atoms with Crippen LogP contribution in [0.5, 0.6) is 5.75 Å². The van der Waals surface area contributed by atoms with Crippen molar-refractivity contribution in [2.75, 3.05) is 25.2 Å². The molecule has 1 amide bonds. The van der Waals surface area contributed by atoms with Crippen LogP contribution in [0.3, 0.4) is 0 Å². The molecule has 0 aliphatic carbocycles. The highest BCUT2D eigenvalue weighted by atomic mass is 16.5. The molecule has 7 nitrogen and oxygen atoms in total. The second-order valence-corrected chi connectivity index (χ2v) is 7.92. The molecule has 7 heteroatoms. The van der Waals surface area contributed by atoms with Gasteiger partial charge in [-0.05, 0) is 43.2 Å². The maximum Gasteiger partial charge on any atom is 0.321 e. The number of ether oxygens (including phenoxy) is 2. The van der Waals surface area contributed by atoms with E-state index in [4.69, 9.17) is 14.5 Å². The van der Waals surface area contributed by atoms with Crippen molar-refractivity contribution < 1.29 is 19.1 Å². The molecule has 1 aliphatic rings. The van der Waals surface area contributed by atoms with Gasteiger partial charge in [-0.3, -0.25) is 14.5 Å². The summed E-state index contributed by atoms with van der Waals surface area (Å²) in [6.45, 7) is 4.60. The standard InChI is InChI=1S/C25H29N3O4/c1-4-6-9-16-27-23(29)21(24(30)32-5-2)22(17-12-14-18(31-3)15-13-17)28-20-11-8-7-10-19(20)26-25(27)28/h7-8,10-15,21-22H,4-6,9,16H2,1-3H3/t21-,22+/m1/s1. The first-order valence-electron chi connectivity index (χ1n) is 11.2. The molecule has 0 spiro atoms. The second kappa shape index (κ2) is 9.42. The van der Waals surface area contributed by atoms with Crippen LogP contribution in [0.25, 0.3) is 11.0 Å². The maximum atomic E-state index is 13.7. The van der Waals surface area contributed by atoms with Crippen molar-refractivity contribution in [3.8, 4) is 5.75 Å². The van der Waals surface area contributed by atoms with Crippen molar-refractivity contribution >= 4 is 28.9 Å². The first kappa shape index (κ1) is 21.9. The molecule has 2 heterocycles. The minimum absolute atomic E-state index is 0.214. The molecule has 0 N–H and O–H groups in total. The number of benzene rings is 2. The Bertz CT molecular complexity index is 1110. The first-order chi connectivity index (χ1) is 15.6. The van der Waals surface area contributed by atoms with Gasteiger partial charge in [-0.1, -0.05) is 44.0 Å². The predicted octanol–water partition coefficient (Wildman–Crippen LogP) is 4.35. The lowest BCUT2D eigenvalue weighted by molar-refractivity contribution is -0.153. The minimum atomic E-state index is -0.991. The Morgan fingerprint density at radius 3 is 2.50 bits per heavy atom. The number of nitrogens with zero attached hydrogens (tertiary/aromatic N) is 3. The molecule has 4 rings (SSSR count). The quantitative estimate of drug-likeness (QED) is 0.299. The van der Waals surface area contributed by atoms with E-state index in [1.807, 2.05) is 53.1 Å². The molecule has 0 bridgehead atoms. The number of aromatic nitrogens is 2. The topological polar surface area (TPSA) is 73.7 Å². The van der Waals surface area contributed by atoms with E-state index < -0.39 is 17.9 Å². The molecule has 32 heavy (non-hydrogen) atoms. The highest BCUT2D eigenvalue weighted by Gasteiger charge is 2.47. The zero-order valence-corrected chi connectivity index (χ0v) is 18.8. The number of hydrogen-bond donors (Lipinski definition) is 0. The third kappa shape index (κ3) is 3.83. The van der Waals surface area contributed by atoms with E-state index >= 15 is 0 Å². The number of carbonyl (C=O) groups excluding carboxylic acids is 2. The summed E-state index contributed by atoms with van der Waals surface area (Å²) in [4.78, 5) is 33.3. The van der Waals surface area contributed by atoms with Gasteiger partial charge in [0, 0.05) is 6.54 Å². The number of unbranched alkanes of at least 4 members (excludes halogenated alkanes) is 2. The fraction of sp³-hybridized carbons (Fsp3) is 0.400. The largest absolute Gasteiger partial charge is 0.497 e. The van der Waals surface area contributed by atoms with Crippen LogP contribution in [0.2, 0.25) is 0 Å². The second-order valence-electron chi connectivity index (χ2n) is 7.92. The van der Waals surface area contributed by atoms with Crippen LogP contribution in [0.15, 0.2) is 48.5 Å². The molecule has 168 valence electrons. The summed E-state index contributed by atoms with van der Waals surface area (Å²) in [7, 11) is 1.61. The molecule has 0 radical (unpaired) electrons. The lowest BCUT2D eigenvalue weighted by Crippen LogP contribution is -2.50. The van der Waals surface area contributed by atoms with Gasteiger partial charge in [0.2, 0.25) is 11.9 Å². The fourth-order valence-corrected chi connectivity index (χ4v) is 4.38. The SMILES string of the molecule is CCCCCN1C(=O)[C@H](C(=O)OCC)[C@H](c2ccc(OC)cc2)n2c1nc1ccccc12. The van der Waals surface area contributed by atoms with Crippen LogP contribution >= 0.6 is 0 Å². The third-order valence-corrected chi connectivity index (χ3v) is 5.93. The number of imidazole rings is 1. The number of rotatable bonds is 8. The smallest absolute Gasteiger partial charge is 0.321 e. The van der Waals surface area contributed by atoms with Gasteiger partial charge in [0.05, 0.1) is 30.8 Å². The van der Waals surface area contributed by atoms with Crippen LogP contribution in [0.1, 0.15) is 44.7 Å². The summed E-state index contributed by atoms with van der Waals surface area (Å²) in [5, 5.41) is 0. The van der Waals surface area contributed by atoms with E-state index in [1.54, 1.807) is 18.9 Å². The van der Waals surface area contributed by atoms with Gasteiger partial charge in [-0.15, -0.1) is 0 Å². The summed E-state index contributed by atoms with van der Waals surface area (Å²) in [5.41, 5.74) is 2.50. The van der Waals surface area contributed by atoms with Gasteiger partial charge in [-0.2, -0.15) is 0 Å². The molecule has 0 fully saturated rings. The zero-order valence-electron chi connectivity index (χ0n) is 18.8. The zero-order chi connectivity index (χ0) is 22.7. The molecule has 3 aromatic rings. The highest BCUT2D eigenvalue weighted by Crippen LogP contribution is 2.41. The van der Waals surface area contributed by atoms with Crippen LogP contribution in [0.4, 0.5) is 5.95 Å². The number of carbonyl (C=O) groups is 2. The summed E-state index contributed by atoms with van der Waals surface area (Å²) in [5.74, 6) is -0.477. The van der Waals surface area contributed by atoms with Gasteiger partial charge in [0.15, 0.2) is 5.92 Å². The lowest BCUT2D eigenvalue weighted by Gasteiger charge is -2.38. The van der Waals surface area contributed by atoms with E-state index in [0.717, 1.165) is 35.9 Å². The summed E-state index contributed by atoms with van der Waals surface area (Å²) in [6, 6.07) is 14.7. The van der Waals surface area contributed by atoms with Gasteiger partial charge in [0.1, 0.15) is 5.75 Å². The van der Waals surface area contributed by atoms with E-state index in [9.17, 15) is 9.59 Å². The number of esters is 1. The fourth-order valence-electron chi connectivity index (χ4n) is 4.38. The Kier molecular flexibility index (Phi) is 6.44. The van der Waals surface area contributed by atoms with Crippen LogP contribution in [-0.2, 0) is 14.3 Å². The van der Waals surface area contributed by atoms with Gasteiger partial charge in [0.25, 0.3) is 0 Å². The van der Waals surface area contributed by atoms with Crippen LogP contribution in [-0.4, -0.2) is 41.7 Å². The number of para-hydroxylation sites is 2. The van der Waals surface area contributed by atoms with Gasteiger partial charge < -0.3 is 14.0 Å². The molecule has 0 saturated carbocycles. The van der Waals surface area contributed by atoms with Gasteiger partial charge >= 0.3 is 5.97 Å². The van der Waals surface area contributed by atoms with Crippen LogP contribution < -0.4 is 9.64 Å². The third-order valence-electron chi connectivity index (χ3n) is 5.93. The van der Waals surface area contributed by atoms with Crippen molar-refractivity contribution in [1.29, 1.82) is 0 Å². The monoisotopic (exact) mass is 435 g/mol. The molecular weight excluding hydrogens is 406 g/mol. The van der Waals surface area contributed by atoms with Crippen molar-refractivity contribution in [1.82, 2.24) is 9.55 Å². The molecule has 0 unspecified atom stereocenters. The predicted molar refractivity (Wildman–Crippen MR) is 123 cm³/mol. The normalized spacial score (nSPS) is 18.0. The van der Waals surface area contributed by atoms with E-state index in [0.29, 0.717) is 18.2 Å². The van der Waals surface area contributed by atoms with Crippen molar-refractivity contribution in [2.45, 2.75) is 39.2 Å². The lowest BCUT2D eigenvalue weighted by atomic mass is 9.89. The number of methoxy groups -OCH3 is 1. The summed E-state index contributed by atoms with van der Waals surface area (Å²) in [6.07, 6.45) is 2.87. The summed E-state index contributed by atoms with van der Waals surface area (Å²) >= 11 is 0. The Labute approximate surface area is 187 Å². The molecular formula is C25H29N3O4. The van der Waals surface area contributed by atoms with E-state index in [-0.39, 0.29) is 12.5 Å². The molecule has 2 aromatic carbocycles. The molecule has 1 aromatic heterocycles. The Balaban J connectivity index is 1.92. The van der Waals surface area contributed by atoms with Crippen molar-refractivity contribution in [3.63, 3.8) is 0 Å². The number of fused-ring (bicyclic) bond motifs is 3. The Morgan fingerprint density at radius 2 is 1.81 bits per heavy atom. The Hall–Kier alpha value is -3.35. The number of hydrogen-bond acceptors (Lipinski definition) is 5. The van der Waals surface area contributed by atoms with E-state index in [2.05, 4.69) is 6.92 Å². The maximum absolute atomic E-state index is 13.7. The average molecular weight is 436 g/mol. The summed E-state index contributed by atoms with van der Waals surface area (Å²) < 4.78 is 12.7. The van der Waals surface area contributed by atoms with Crippen molar-refractivity contribution in [3.05, 3.63) is 54.1 Å². The van der Waals surface area contributed by atoms with Crippen LogP contribution in [0, 0.1) is 5.92 Å². The number of anilines is 1. The average Bonchev–Trinajstić information content (AvgIpc) is 3.19. The molecule has 2 atom stereocenters. The molecule has 1 aliphatic heterocycles. The van der Waals surface area contributed by atoms with Crippen molar-refractivity contribution in [2.24, 2.45) is 5.92 Å². The highest BCUT2D eigenvalue weighted by molar-refractivity contribution is 6.08.